The number of halogens is 1. The Bertz CT molecular complexity index is 984. The molecular formula is C17H14FNO5S. The Kier molecular flexibility index (Phi) is 4.22. The second-order valence-electron chi connectivity index (χ2n) is 5.17. The predicted octanol–water partition coefficient (Wildman–Crippen LogP) is 2.77. The van der Waals surface area contributed by atoms with Gasteiger partial charge in [0.05, 0.1) is 24.8 Å². The molecule has 0 N–H and O–H groups in total. The first-order chi connectivity index (χ1) is 11.9. The van der Waals surface area contributed by atoms with Gasteiger partial charge in [0, 0.05) is 18.0 Å². The van der Waals surface area contributed by atoms with Crippen LogP contribution in [-0.2, 0) is 19.4 Å². The lowest BCUT2D eigenvalue weighted by Crippen LogP contribution is -2.26. The molecule has 3 rings (SSSR count). The van der Waals surface area contributed by atoms with Gasteiger partial charge in [0.1, 0.15) is 11.6 Å². The smallest absolute Gasteiger partial charge is 0.351 e. The van der Waals surface area contributed by atoms with E-state index in [0.29, 0.717) is 11.4 Å². The quantitative estimate of drug-likeness (QED) is 0.781. The van der Waals surface area contributed by atoms with Crippen molar-refractivity contribution in [2.24, 2.45) is 0 Å². The number of esters is 1. The van der Waals surface area contributed by atoms with Crippen molar-refractivity contribution in [3.05, 3.63) is 59.4 Å². The zero-order valence-electron chi connectivity index (χ0n) is 13.4. The van der Waals surface area contributed by atoms with Crippen LogP contribution in [-0.4, -0.2) is 28.6 Å². The maximum Gasteiger partial charge on any atom is 0.351 e. The zero-order valence-corrected chi connectivity index (χ0v) is 14.2. The van der Waals surface area contributed by atoms with Crippen LogP contribution in [0.5, 0.6) is 5.75 Å². The minimum Gasteiger partial charge on any atom is -0.497 e. The predicted molar refractivity (Wildman–Crippen MR) is 88.8 cm³/mol. The molecule has 25 heavy (non-hydrogen) atoms. The van der Waals surface area contributed by atoms with E-state index in [1.165, 1.54) is 18.1 Å². The Morgan fingerprint density at radius 3 is 2.56 bits per heavy atom. The minimum absolute atomic E-state index is 0.224. The highest BCUT2D eigenvalue weighted by Crippen LogP contribution is 2.40. The number of hydrogen-bond acceptors (Lipinski definition) is 6. The van der Waals surface area contributed by atoms with Crippen LogP contribution in [0.15, 0.2) is 58.5 Å². The van der Waals surface area contributed by atoms with Gasteiger partial charge < -0.3 is 14.4 Å². The van der Waals surface area contributed by atoms with Crippen molar-refractivity contribution in [2.45, 2.75) is 4.90 Å². The maximum absolute atomic E-state index is 13.7. The lowest BCUT2D eigenvalue weighted by molar-refractivity contribution is -0.135. The Balaban J connectivity index is 2.28. The molecule has 0 fully saturated rings. The summed E-state index contributed by atoms with van der Waals surface area (Å²) in [6.45, 7) is 0. The van der Waals surface area contributed by atoms with Crippen LogP contribution in [0.1, 0.15) is 0 Å². The molecule has 0 aliphatic carbocycles. The van der Waals surface area contributed by atoms with E-state index in [9.17, 15) is 17.6 Å². The molecule has 0 saturated carbocycles. The van der Waals surface area contributed by atoms with Gasteiger partial charge in [-0.15, -0.1) is 0 Å². The molecule has 0 unspecified atom stereocenters. The fourth-order valence-corrected chi connectivity index (χ4v) is 4.01. The first kappa shape index (κ1) is 17.0. The highest BCUT2D eigenvalue weighted by molar-refractivity contribution is 7.96. The van der Waals surface area contributed by atoms with Gasteiger partial charge >= 0.3 is 5.97 Å². The van der Waals surface area contributed by atoms with Crippen molar-refractivity contribution in [3.63, 3.8) is 0 Å². The number of ether oxygens (including phenoxy) is 2. The Morgan fingerprint density at radius 2 is 1.88 bits per heavy atom. The van der Waals surface area contributed by atoms with Crippen molar-refractivity contribution in [3.8, 4) is 5.75 Å². The van der Waals surface area contributed by atoms with Crippen molar-refractivity contribution in [1.82, 2.24) is 0 Å². The number of anilines is 2. The lowest BCUT2D eigenvalue weighted by atomic mass is 10.2. The molecule has 2 aromatic rings. The van der Waals surface area contributed by atoms with Gasteiger partial charge in [0.2, 0.25) is 9.84 Å². The maximum atomic E-state index is 13.7. The fourth-order valence-electron chi connectivity index (χ4n) is 2.51. The summed E-state index contributed by atoms with van der Waals surface area (Å²) in [6.07, 6.45) is 1.16. The van der Waals surface area contributed by atoms with Crippen LogP contribution in [0.2, 0.25) is 0 Å². The van der Waals surface area contributed by atoms with E-state index < -0.39 is 26.5 Å². The number of fused-ring (bicyclic) bond motifs is 1. The third-order valence-electron chi connectivity index (χ3n) is 3.72. The van der Waals surface area contributed by atoms with E-state index in [2.05, 4.69) is 4.74 Å². The van der Waals surface area contributed by atoms with Crippen molar-refractivity contribution >= 4 is 27.2 Å². The summed E-state index contributed by atoms with van der Waals surface area (Å²) < 4.78 is 48.7. The monoisotopic (exact) mass is 363 g/mol. The van der Waals surface area contributed by atoms with Gasteiger partial charge in [-0.2, -0.15) is 0 Å². The molecule has 0 atom stereocenters. The number of carbonyl (C=O) groups is 1. The Hall–Kier alpha value is -2.87. The van der Waals surface area contributed by atoms with Crippen molar-refractivity contribution in [2.75, 3.05) is 19.1 Å². The fraction of sp³-hybridized carbons (Fsp3) is 0.118. The lowest BCUT2D eigenvalue weighted by Gasteiger charge is -2.28. The second-order valence-corrected chi connectivity index (χ2v) is 7.06. The van der Waals surface area contributed by atoms with Crippen molar-refractivity contribution < 1.29 is 27.1 Å². The summed E-state index contributed by atoms with van der Waals surface area (Å²) in [5.41, 5.74) is 0.769. The van der Waals surface area contributed by atoms with Crippen LogP contribution in [0.4, 0.5) is 15.8 Å². The van der Waals surface area contributed by atoms with Crippen LogP contribution < -0.4 is 9.64 Å². The average Bonchev–Trinajstić information content (AvgIpc) is 2.61. The van der Waals surface area contributed by atoms with E-state index in [1.807, 2.05) is 0 Å². The molecule has 8 heteroatoms. The molecule has 1 aliphatic rings. The minimum atomic E-state index is -4.20. The molecule has 6 nitrogen and oxygen atoms in total. The first-order valence-corrected chi connectivity index (χ1v) is 8.65. The summed E-state index contributed by atoms with van der Waals surface area (Å²) in [6, 6.07) is 10.2. The van der Waals surface area contributed by atoms with Gasteiger partial charge in [-0.1, -0.05) is 6.07 Å². The van der Waals surface area contributed by atoms with Gasteiger partial charge in [0.25, 0.3) is 0 Å². The molecule has 0 saturated heterocycles. The summed E-state index contributed by atoms with van der Waals surface area (Å²) in [5, 5.41) is 0. The number of benzene rings is 2. The molecule has 0 amide bonds. The number of carbonyl (C=O) groups excluding carboxylic acids is 1. The molecule has 0 aromatic heterocycles. The molecule has 130 valence electrons. The standard InChI is InChI=1S/C17H14FNO5S/c1-23-13-5-3-4-12(9-13)19-10-16(17(20)24-2)25(21,22)15-8-11(18)6-7-14(15)19/h3-10H,1-2H3. The largest absolute Gasteiger partial charge is 0.497 e. The van der Waals surface area contributed by atoms with E-state index in [1.54, 1.807) is 24.3 Å². The van der Waals surface area contributed by atoms with Crippen LogP contribution >= 0.6 is 0 Å². The second kappa shape index (κ2) is 6.21. The van der Waals surface area contributed by atoms with E-state index in [0.717, 1.165) is 25.4 Å². The molecule has 1 heterocycles. The van der Waals surface area contributed by atoms with E-state index in [-0.39, 0.29) is 10.6 Å². The Morgan fingerprint density at radius 1 is 1.12 bits per heavy atom. The van der Waals surface area contributed by atoms with Crippen LogP contribution in [0.3, 0.4) is 0 Å². The molecule has 2 aromatic carbocycles. The molecule has 1 aliphatic heterocycles. The summed E-state index contributed by atoms with van der Waals surface area (Å²) >= 11 is 0. The van der Waals surface area contributed by atoms with Crippen LogP contribution in [0, 0.1) is 5.82 Å². The highest BCUT2D eigenvalue weighted by atomic mass is 32.2. The third kappa shape index (κ3) is 2.85. The topological polar surface area (TPSA) is 72.9 Å². The SMILES string of the molecule is COC(=O)C1=CN(c2cccc(OC)c2)c2ccc(F)cc2S1(=O)=O. The van der Waals surface area contributed by atoms with Gasteiger partial charge in [-0.05, 0) is 30.3 Å². The summed E-state index contributed by atoms with van der Waals surface area (Å²) in [7, 11) is -1.62. The number of hydrogen-bond donors (Lipinski definition) is 0. The number of sulfone groups is 1. The molecular weight excluding hydrogens is 349 g/mol. The van der Waals surface area contributed by atoms with E-state index >= 15 is 0 Å². The molecule has 0 bridgehead atoms. The number of nitrogens with zero attached hydrogens (tertiary/aromatic N) is 1. The zero-order chi connectivity index (χ0) is 18.2. The number of methoxy groups -OCH3 is 2. The van der Waals surface area contributed by atoms with Crippen molar-refractivity contribution in [1.29, 1.82) is 0 Å². The summed E-state index contributed by atoms with van der Waals surface area (Å²) in [5.74, 6) is -1.20. The average molecular weight is 363 g/mol. The Labute approximate surface area is 144 Å². The first-order valence-electron chi connectivity index (χ1n) is 7.16. The van der Waals surface area contributed by atoms with Gasteiger partial charge in [-0.25, -0.2) is 17.6 Å². The van der Waals surface area contributed by atoms with Gasteiger partial charge in [0.15, 0.2) is 4.91 Å². The third-order valence-corrected chi connectivity index (χ3v) is 5.48. The van der Waals surface area contributed by atoms with Gasteiger partial charge in [-0.3, -0.25) is 0 Å². The van der Waals surface area contributed by atoms with Crippen LogP contribution in [0.25, 0.3) is 0 Å². The highest BCUT2D eigenvalue weighted by Gasteiger charge is 2.37. The normalized spacial score (nSPS) is 15.2. The molecule has 0 spiro atoms. The summed E-state index contributed by atoms with van der Waals surface area (Å²) in [4.78, 5) is 12.6. The van der Waals surface area contributed by atoms with E-state index in [4.69, 9.17) is 4.74 Å². The number of rotatable bonds is 3. The molecule has 0 radical (unpaired) electrons.